The van der Waals surface area contributed by atoms with E-state index >= 15 is 0 Å². The molecule has 0 atom stereocenters. The van der Waals surface area contributed by atoms with Crippen LogP contribution in [0.3, 0.4) is 0 Å². The minimum absolute atomic E-state index is 0.0747. The fraction of sp³-hybridized carbons (Fsp3) is 0.189. The minimum Gasteiger partial charge on any atom is -0.208 e. The fourth-order valence-electron chi connectivity index (χ4n) is 11.8. The molecular formula is C53H41N3. The lowest BCUT2D eigenvalue weighted by atomic mass is 9.43. The molecule has 3 nitrogen and oxygen atoms in total. The van der Waals surface area contributed by atoms with Gasteiger partial charge in [0.15, 0.2) is 17.5 Å². The smallest absolute Gasteiger partial charge is 0.164 e. The zero-order chi connectivity index (χ0) is 36.8. The van der Waals surface area contributed by atoms with Crippen molar-refractivity contribution in [2.75, 3.05) is 0 Å². The third kappa shape index (κ3) is 4.86. The van der Waals surface area contributed by atoms with E-state index in [0.29, 0.717) is 29.3 Å². The van der Waals surface area contributed by atoms with Crippen LogP contribution in [0.25, 0.3) is 78.3 Å². The van der Waals surface area contributed by atoms with E-state index in [2.05, 4.69) is 164 Å². The maximum Gasteiger partial charge on any atom is 0.164 e. The monoisotopic (exact) mass is 719 g/mol. The number of aromatic nitrogens is 3. The summed E-state index contributed by atoms with van der Waals surface area (Å²) in [7, 11) is 0. The predicted octanol–water partition coefficient (Wildman–Crippen LogP) is 13.1. The lowest BCUT2D eigenvalue weighted by molar-refractivity contribution is -0.0393. The summed E-state index contributed by atoms with van der Waals surface area (Å²) in [6.07, 6.45) is 6.90. The highest BCUT2D eigenvalue weighted by Crippen LogP contribution is 2.70. The first kappa shape index (κ1) is 32.1. The summed E-state index contributed by atoms with van der Waals surface area (Å²) in [5.74, 6) is 5.25. The van der Waals surface area contributed by atoms with Crippen molar-refractivity contribution in [2.24, 2.45) is 23.7 Å². The van der Waals surface area contributed by atoms with Gasteiger partial charge in [-0.15, -0.1) is 0 Å². The van der Waals surface area contributed by atoms with Crippen LogP contribution in [-0.4, -0.2) is 15.0 Å². The van der Waals surface area contributed by atoms with Gasteiger partial charge in [0.1, 0.15) is 0 Å². The molecule has 5 aliphatic rings. The minimum atomic E-state index is 0.0747. The topological polar surface area (TPSA) is 38.7 Å². The van der Waals surface area contributed by atoms with Crippen molar-refractivity contribution >= 4 is 10.8 Å². The molecule has 4 saturated carbocycles. The Labute approximate surface area is 328 Å². The molecule has 0 amide bonds. The van der Waals surface area contributed by atoms with Crippen molar-refractivity contribution in [3.05, 3.63) is 175 Å². The Hall–Kier alpha value is -6.19. The number of nitrogens with zero attached hydrogens (tertiary/aromatic N) is 3. The van der Waals surface area contributed by atoms with E-state index in [1.165, 1.54) is 70.7 Å². The van der Waals surface area contributed by atoms with E-state index in [-0.39, 0.29) is 5.41 Å². The van der Waals surface area contributed by atoms with Gasteiger partial charge < -0.3 is 0 Å². The summed E-state index contributed by atoms with van der Waals surface area (Å²) < 4.78 is 0. The first-order valence-corrected chi connectivity index (χ1v) is 20.4. The van der Waals surface area contributed by atoms with Gasteiger partial charge in [0, 0.05) is 22.1 Å². The second-order valence-electron chi connectivity index (χ2n) is 16.8. The van der Waals surface area contributed by atoms with Crippen LogP contribution in [0.5, 0.6) is 0 Å². The summed E-state index contributed by atoms with van der Waals surface area (Å²) >= 11 is 0. The molecule has 5 aliphatic carbocycles. The van der Waals surface area contributed by atoms with Crippen LogP contribution in [0.2, 0.25) is 0 Å². The van der Waals surface area contributed by atoms with Gasteiger partial charge in [0.25, 0.3) is 0 Å². The zero-order valence-corrected chi connectivity index (χ0v) is 31.3. The van der Waals surface area contributed by atoms with E-state index in [9.17, 15) is 0 Å². The quantitative estimate of drug-likeness (QED) is 0.178. The highest BCUT2D eigenvalue weighted by atomic mass is 15.0. The van der Waals surface area contributed by atoms with Gasteiger partial charge in [-0.1, -0.05) is 152 Å². The summed E-state index contributed by atoms with van der Waals surface area (Å²) in [6, 6.07) is 59.4. The van der Waals surface area contributed by atoms with Crippen LogP contribution in [0.15, 0.2) is 164 Å². The predicted molar refractivity (Wildman–Crippen MR) is 228 cm³/mol. The van der Waals surface area contributed by atoms with Gasteiger partial charge >= 0.3 is 0 Å². The lowest BCUT2D eigenvalue weighted by Crippen LogP contribution is -2.55. The van der Waals surface area contributed by atoms with Gasteiger partial charge in [0.2, 0.25) is 0 Å². The van der Waals surface area contributed by atoms with E-state index in [1.807, 2.05) is 0 Å². The highest BCUT2D eigenvalue weighted by Gasteiger charge is 2.62. The molecule has 13 rings (SSSR count). The van der Waals surface area contributed by atoms with E-state index in [1.54, 1.807) is 11.1 Å². The Bertz CT molecular complexity index is 2780. The van der Waals surface area contributed by atoms with E-state index in [0.717, 1.165) is 34.1 Å². The van der Waals surface area contributed by atoms with Crippen molar-refractivity contribution in [1.29, 1.82) is 0 Å². The molecule has 8 aromatic rings. The normalized spacial score (nSPS) is 22.7. The molecule has 0 unspecified atom stereocenters. The Kier molecular flexibility index (Phi) is 7.11. The van der Waals surface area contributed by atoms with Crippen LogP contribution in [0, 0.1) is 23.7 Å². The van der Waals surface area contributed by atoms with Crippen LogP contribution in [0.1, 0.15) is 43.2 Å². The number of benzene rings is 7. The maximum atomic E-state index is 5.29. The molecule has 1 heterocycles. The number of hydrogen-bond acceptors (Lipinski definition) is 3. The van der Waals surface area contributed by atoms with Crippen LogP contribution >= 0.6 is 0 Å². The molecule has 0 aliphatic heterocycles. The highest BCUT2D eigenvalue weighted by molar-refractivity contribution is 5.98. The third-order valence-electron chi connectivity index (χ3n) is 13.9. The second kappa shape index (κ2) is 12.4. The SMILES string of the molecule is c1ccc(-c2ccc(-c3nc(-c4cccc(-c5ccccc5)c4)nc(-c4ccc5c(c4)-c4ccc6ccccc6c4C54C5CC6CC(C5)CC4C6)n3)cc2)cc1. The van der Waals surface area contributed by atoms with Gasteiger partial charge in [-0.25, -0.2) is 15.0 Å². The number of hydrogen-bond donors (Lipinski definition) is 0. The Morgan fingerprint density at radius 1 is 0.375 bits per heavy atom. The van der Waals surface area contributed by atoms with Gasteiger partial charge in [-0.05, 0) is 123 Å². The molecule has 7 aromatic carbocycles. The van der Waals surface area contributed by atoms with Gasteiger partial charge in [-0.3, -0.25) is 0 Å². The number of fused-ring (bicyclic) bond motifs is 5. The standard InChI is InChI=1S/C53H41N3/c1-3-10-35(11-4-1)37-18-20-39(21-19-37)50-54-51(41-16-9-15-40(31-41)36-12-5-2-6-13-36)56-52(55-50)42-23-25-48-47(32-42)46-24-22-38-14-7-8-17-45(38)49(46)53(48)43-27-33-26-34(29-43)30-44(53)28-33/h1-25,31-34,43-44H,26-30H2. The largest absolute Gasteiger partial charge is 0.208 e. The summed E-state index contributed by atoms with van der Waals surface area (Å²) in [5, 5.41) is 2.80. The van der Waals surface area contributed by atoms with Crippen molar-refractivity contribution in [1.82, 2.24) is 15.0 Å². The Morgan fingerprint density at radius 3 is 1.59 bits per heavy atom. The average molecular weight is 720 g/mol. The third-order valence-corrected chi connectivity index (χ3v) is 13.9. The van der Waals surface area contributed by atoms with Crippen molar-refractivity contribution in [3.8, 4) is 67.5 Å². The van der Waals surface area contributed by atoms with Crippen molar-refractivity contribution in [3.63, 3.8) is 0 Å². The van der Waals surface area contributed by atoms with Crippen molar-refractivity contribution in [2.45, 2.75) is 37.5 Å². The molecular weight excluding hydrogens is 679 g/mol. The fourth-order valence-corrected chi connectivity index (χ4v) is 11.8. The summed E-state index contributed by atoms with van der Waals surface area (Å²) in [4.78, 5) is 15.7. The molecule has 4 bridgehead atoms. The second-order valence-corrected chi connectivity index (χ2v) is 16.8. The van der Waals surface area contributed by atoms with Crippen LogP contribution < -0.4 is 0 Å². The van der Waals surface area contributed by atoms with Crippen molar-refractivity contribution < 1.29 is 0 Å². The molecule has 56 heavy (non-hydrogen) atoms. The molecule has 1 spiro atoms. The lowest BCUT2D eigenvalue weighted by Gasteiger charge is -2.61. The molecule has 268 valence electrons. The van der Waals surface area contributed by atoms with E-state index < -0.39 is 0 Å². The molecule has 4 fully saturated rings. The first-order chi connectivity index (χ1) is 27.7. The van der Waals surface area contributed by atoms with Gasteiger partial charge in [-0.2, -0.15) is 0 Å². The average Bonchev–Trinajstić information content (AvgIpc) is 3.56. The van der Waals surface area contributed by atoms with Crippen LogP contribution in [0.4, 0.5) is 0 Å². The van der Waals surface area contributed by atoms with Crippen LogP contribution in [-0.2, 0) is 5.41 Å². The molecule has 3 heteroatoms. The Morgan fingerprint density at radius 2 is 0.893 bits per heavy atom. The maximum absolute atomic E-state index is 5.29. The molecule has 0 radical (unpaired) electrons. The molecule has 0 saturated heterocycles. The van der Waals surface area contributed by atoms with E-state index in [4.69, 9.17) is 15.0 Å². The number of rotatable bonds is 5. The Balaban J connectivity index is 1.04. The summed E-state index contributed by atoms with van der Waals surface area (Å²) in [5.41, 5.74) is 13.7. The zero-order valence-electron chi connectivity index (χ0n) is 31.3. The molecule has 0 N–H and O–H groups in total. The van der Waals surface area contributed by atoms with Gasteiger partial charge in [0.05, 0.1) is 0 Å². The molecule has 1 aromatic heterocycles. The first-order valence-electron chi connectivity index (χ1n) is 20.4. The summed E-state index contributed by atoms with van der Waals surface area (Å²) in [6.45, 7) is 0.